The van der Waals surface area contributed by atoms with Gasteiger partial charge in [0.15, 0.2) is 0 Å². The van der Waals surface area contributed by atoms with E-state index in [1.54, 1.807) is 0 Å². The van der Waals surface area contributed by atoms with Crippen molar-refractivity contribution in [1.29, 1.82) is 0 Å². The molecule has 72 valence electrons. The molecule has 1 saturated heterocycles. The molecule has 0 aromatic rings. The van der Waals surface area contributed by atoms with Crippen molar-refractivity contribution in [3.05, 3.63) is 0 Å². The summed E-state index contributed by atoms with van der Waals surface area (Å²) in [5, 5.41) is 0. The summed E-state index contributed by atoms with van der Waals surface area (Å²) in [6, 6.07) is 0. The second-order valence-electron chi connectivity index (χ2n) is 4.85. The maximum absolute atomic E-state index is 11.3. The van der Waals surface area contributed by atoms with E-state index in [9.17, 15) is 4.79 Å². The van der Waals surface area contributed by atoms with Crippen LogP contribution in [0.15, 0.2) is 0 Å². The lowest BCUT2D eigenvalue weighted by atomic mass is 9.74. The second kappa shape index (κ2) is 2.49. The topological polar surface area (TPSA) is 26.3 Å². The highest BCUT2D eigenvalue weighted by Gasteiger charge is 2.58. The van der Waals surface area contributed by atoms with E-state index in [0.717, 1.165) is 6.42 Å². The molecule has 3 unspecified atom stereocenters. The summed E-state index contributed by atoms with van der Waals surface area (Å²) in [5.74, 6) is 1.35. The Morgan fingerprint density at radius 3 is 2.92 bits per heavy atom. The van der Waals surface area contributed by atoms with Crippen LogP contribution < -0.4 is 0 Å². The molecule has 3 fully saturated rings. The number of hydrogen-bond acceptors (Lipinski definition) is 2. The third kappa shape index (κ3) is 0.918. The molecule has 3 atom stereocenters. The molecule has 0 N–H and O–H groups in total. The highest BCUT2D eigenvalue weighted by molar-refractivity contribution is 5.73. The fourth-order valence-corrected chi connectivity index (χ4v) is 3.76. The van der Waals surface area contributed by atoms with Gasteiger partial charge in [-0.25, -0.2) is 0 Å². The molecule has 1 heterocycles. The molecule has 2 saturated carbocycles. The van der Waals surface area contributed by atoms with Crippen LogP contribution in [0.5, 0.6) is 0 Å². The van der Waals surface area contributed by atoms with Crippen LogP contribution in [0.25, 0.3) is 0 Å². The number of ether oxygens (including phenoxy) is 1. The number of rotatable bonds is 0. The van der Waals surface area contributed by atoms with Crippen LogP contribution in [-0.2, 0) is 9.53 Å². The number of carbonyl (C=O) groups excluding carboxylic acids is 1. The lowest BCUT2D eigenvalue weighted by Crippen LogP contribution is -2.40. The summed E-state index contributed by atoms with van der Waals surface area (Å²) in [5.41, 5.74) is 0.0231. The largest absolute Gasteiger partial charge is 0.458 e. The minimum Gasteiger partial charge on any atom is -0.458 e. The molecule has 3 rings (SSSR count). The van der Waals surface area contributed by atoms with Gasteiger partial charge in [-0.2, -0.15) is 0 Å². The zero-order chi connectivity index (χ0) is 8.89. The molecule has 2 aliphatic carbocycles. The van der Waals surface area contributed by atoms with Gasteiger partial charge < -0.3 is 4.74 Å². The fraction of sp³-hybridized carbons (Fsp3) is 0.909. The van der Waals surface area contributed by atoms with Crippen LogP contribution in [0.2, 0.25) is 0 Å². The van der Waals surface area contributed by atoms with Crippen LogP contribution in [-0.4, -0.2) is 11.6 Å². The molecule has 1 aliphatic heterocycles. The Kier molecular flexibility index (Phi) is 1.50. The van der Waals surface area contributed by atoms with Gasteiger partial charge in [-0.1, -0.05) is 6.42 Å². The van der Waals surface area contributed by atoms with E-state index in [2.05, 4.69) is 0 Å². The summed E-state index contributed by atoms with van der Waals surface area (Å²) in [4.78, 5) is 11.3. The zero-order valence-electron chi connectivity index (χ0n) is 7.92. The van der Waals surface area contributed by atoms with Gasteiger partial charge in [-0.05, 0) is 38.0 Å². The molecular formula is C11H16O2. The smallest absolute Gasteiger partial charge is 0.306 e. The molecule has 0 bridgehead atoms. The van der Waals surface area contributed by atoms with Gasteiger partial charge >= 0.3 is 5.97 Å². The van der Waals surface area contributed by atoms with E-state index < -0.39 is 0 Å². The molecule has 2 nitrogen and oxygen atoms in total. The Hall–Kier alpha value is -0.530. The maximum atomic E-state index is 11.3. The van der Waals surface area contributed by atoms with Gasteiger partial charge in [0.05, 0.1) is 6.42 Å². The first kappa shape index (κ1) is 7.84. The predicted octanol–water partition coefficient (Wildman–Crippen LogP) is 2.27. The van der Waals surface area contributed by atoms with Gasteiger partial charge in [-0.3, -0.25) is 4.79 Å². The van der Waals surface area contributed by atoms with Crippen LogP contribution in [0, 0.1) is 11.8 Å². The lowest BCUT2D eigenvalue weighted by Gasteiger charge is -2.37. The van der Waals surface area contributed by atoms with Crippen LogP contribution in [0.3, 0.4) is 0 Å². The molecule has 2 heteroatoms. The van der Waals surface area contributed by atoms with E-state index >= 15 is 0 Å². The summed E-state index contributed by atoms with van der Waals surface area (Å²) < 4.78 is 5.64. The fourth-order valence-electron chi connectivity index (χ4n) is 3.76. The van der Waals surface area contributed by atoms with E-state index in [1.165, 1.54) is 32.1 Å². The van der Waals surface area contributed by atoms with Crippen molar-refractivity contribution in [3.8, 4) is 0 Å². The van der Waals surface area contributed by atoms with Gasteiger partial charge in [0.2, 0.25) is 0 Å². The van der Waals surface area contributed by atoms with Crippen molar-refractivity contribution < 1.29 is 9.53 Å². The third-order valence-electron chi connectivity index (χ3n) is 4.33. The van der Waals surface area contributed by atoms with Crippen LogP contribution in [0.1, 0.15) is 44.9 Å². The highest BCUT2D eigenvalue weighted by Crippen LogP contribution is 2.55. The Labute approximate surface area is 78.6 Å². The predicted molar refractivity (Wildman–Crippen MR) is 48.1 cm³/mol. The first-order chi connectivity index (χ1) is 6.31. The molecular weight excluding hydrogens is 164 g/mol. The van der Waals surface area contributed by atoms with Gasteiger partial charge in [-0.15, -0.1) is 0 Å². The molecule has 0 aromatic carbocycles. The first-order valence-corrected chi connectivity index (χ1v) is 5.53. The standard InChI is InChI=1S/C11H16O2/c12-10-7-9-5-4-8-3-1-2-6-11(8,9)13-10/h8-9H,1-7H2. The molecule has 1 spiro atoms. The highest BCUT2D eigenvalue weighted by atomic mass is 16.6. The summed E-state index contributed by atoms with van der Waals surface area (Å²) in [6.07, 6.45) is 8.29. The molecule has 3 aliphatic rings. The van der Waals surface area contributed by atoms with E-state index in [-0.39, 0.29) is 11.6 Å². The number of carbonyl (C=O) groups is 1. The summed E-state index contributed by atoms with van der Waals surface area (Å²) in [6.45, 7) is 0. The van der Waals surface area contributed by atoms with Crippen molar-refractivity contribution in [3.63, 3.8) is 0 Å². The first-order valence-electron chi connectivity index (χ1n) is 5.53. The van der Waals surface area contributed by atoms with E-state index in [4.69, 9.17) is 4.74 Å². The lowest BCUT2D eigenvalue weighted by molar-refractivity contribution is -0.155. The quantitative estimate of drug-likeness (QED) is 0.534. The van der Waals surface area contributed by atoms with E-state index in [0.29, 0.717) is 18.3 Å². The third-order valence-corrected chi connectivity index (χ3v) is 4.33. The molecule has 13 heavy (non-hydrogen) atoms. The summed E-state index contributed by atoms with van der Waals surface area (Å²) >= 11 is 0. The zero-order valence-corrected chi connectivity index (χ0v) is 7.92. The second-order valence-corrected chi connectivity index (χ2v) is 4.85. The van der Waals surface area contributed by atoms with Crippen LogP contribution >= 0.6 is 0 Å². The van der Waals surface area contributed by atoms with Crippen molar-refractivity contribution in [2.24, 2.45) is 11.8 Å². The minimum absolute atomic E-state index is 0.0231. The Morgan fingerprint density at radius 2 is 2.00 bits per heavy atom. The van der Waals surface area contributed by atoms with Crippen molar-refractivity contribution in [1.82, 2.24) is 0 Å². The normalized spacial score (nSPS) is 48.5. The van der Waals surface area contributed by atoms with Crippen molar-refractivity contribution in [2.75, 3.05) is 0 Å². The Bertz CT molecular complexity index is 246. The SMILES string of the molecule is O=C1CC2CCC3CCCCC32O1. The minimum atomic E-state index is 0.0231. The molecule has 0 aromatic heterocycles. The Morgan fingerprint density at radius 1 is 1.15 bits per heavy atom. The van der Waals surface area contributed by atoms with Crippen molar-refractivity contribution in [2.45, 2.75) is 50.5 Å². The van der Waals surface area contributed by atoms with Gasteiger partial charge in [0, 0.05) is 5.92 Å². The monoisotopic (exact) mass is 180 g/mol. The number of esters is 1. The molecule has 0 amide bonds. The average Bonchev–Trinajstić information content (AvgIpc) is 2.57. The van der Waals surface area contributed by atoms with Gasteiger partial charge in [0.1, 0.15) is 5.60 Å². The maximum Gasteiger partial charge on any atom is 0.306 e. The van der Waals surface area contributed by atoms with Crippen LogP contribution in [0.4, 0.5) is 0 Å². The van der Waals surface area contributed by atoms with Crippen molar-refractivity contribution >= 4 is 5.97 Å². The molecule has 0 radical (unpaired) electrons. The average molecular weight is 180 g/mol. The Balaban J connectivity index is 1.94. The summed E-state index contributed by atoms with van der Waals surface area (Å²) in [7, 11) is 0. The van der Waals surface area contributed by atoms with Gasteiger partial charge in [0.25, 0.3) is 0 Å². The van der Waals surface area contributed by atoms with E-state index in [1.807, 2.05) is 0 Å². The number of hydrogen-bond donors (Lipinski definition) is 0.